The number of aliphatic hydroxyl groups is 3. The van der Waals surface area contributed by atoms with Crippen molar-refractivity contribution >= 4 is 15.9 Å². The standard InChI is InChI=1S/C20H33BrO3/c1-12-11-18(2,13-5-7-19(3,23)16(21)9-13)15-10-17(22)20(4,24)8-6-14(12)15/h13-17,22-24H,1,5-11H2,2-4H3. The summed E-state index contributed by atoms with van der Waals surface area (Å²) in [4.78, 5) is 0.117. The second kappa shape index (κ2) is 6.07. The molecule has 3 saturated carbocycles. The van der Waals surface area contributed by atoms with E-state index in [0.29, 0.717) is 30.6 Å². The van der Waals surface area contributed by atoms with E-state index in [-0.39, 0.29) is 10.2 Å². The van der Waals surface area contributed by atoms with Crippen LogP contribution < -0.4 is 0 Å². The monoisotopic (exact) mass is 400 g/mol. The molecule has 3 fully saturated rings. The van der Waals surface area contributed by atoms with Crippen LogP contribution in [-0.2, 0) is 0 Å². The highest BCUT2D eigenvalue weighted by Crippen LogP contribution is 2.61. The molecule has 0 saturated heterocycles. The van der Waals surface area contributed by atoms with E-state index in [4.69, 9.17) is 0 Å². The lowest BCUT2D eigenvalue weighted by Crippen LogP contribution is -2.47. The lowest BCUT2D eigenvalue weighted by atomic mass is 9.60. The van der Waals surface area contributed by atoms with Gasteiger partial charge in [-0.15, -0.1) is 0 Å². The zero-order valence-corrected chi connectivity index (χ0v) is 16.8. The molecular formula is C20H33BrO3. The number of hydrogen-bond acceptors (Lipinski definition) is 3. The van der Waals surface area contributed by atoms with Crippen LogP contribution in [0.2, 0.25) is 0 Å². The third-order valence-electron chi connectivity index (χ3n) is 7.72. The summed E-state index contributed by atoms with van der Waals surface area (Å²) in [7, 11) is 0. The van der Waals surface area contributed by atoms with Crippen LogP contribution in [0.15, 0.2) is 12.2 Å². The molecule has 0 bridgehead atoms. The van der Waals surface area contributed by atoms with Crippen LogP contribution in [-0.4, -0.2) is 37.5 Å². The van der Waals surface area contributed by atoms with Gasteiger partial charge in [-0.3, -0.25) is 0 Å². The van der Waals surface area contributed by atoms with Crippen LogP contribution in [0.3, 0.4) is 0 Å². The van der Waals surface area contributed by atoms with E-state index >= 15 is 0 Å². The average Bonchev–Trinajstić information content (AvgIpc) is 2.63. The molecule has 3 rings (SSSR count). The Morgan fingerprint density at radius 2 is 1.67 bits per heavy atom. The molecule has 0 heterocycles. The van der Waals surface area contributed by atoms with Crippen molar-refractivity contribution in [1.29, 1.82) is 0 Å². The SMILES string of the molecule is C=C1CC(C)(C2CCC(C)(O)C(Br)C2)C2CC(O)C(C)(O)CCC12. The summed E-state index contributed by atoms with van der Waals surface area (Å²) in [6, 6.07) is 0. The maximum atomic E-state index is 10.6. The topological polar surface area (TPSA) is 60.7 Å². The number of allylic oxidation sites excluding steroid dienone is 1. The Hall–Kier alpha value is 0.100. The van der Waals surface area contributed by atoms with Gasteiger partial charge in [-0.1, -0.05) is 35.0 Å². The van der Waals surface area contributed by atoms with Crippen LogP contribution in [0.1, 0.15) is 65.7 Å². The fraction of sp³-hybridized carbons (Fsp3) is 0.900. The summed E-state index contributed by atoms with van der Waals surface area (Å²) in [5.74, 6) is 1.31. The van der Waals surface area contributed by atoms with E-state index in [1.54, 1.807) is 6.92 Å². The second-order valence-electron chi connectivity index (χ2n) is 9.50. The molecule has 4 heteroatoms. The van der Waals surface area contributed by atoms with Crippen molar-refractivity contribution in [2.45, 2.75) is 87.9 Å². The molecule has 3 aliphatic carbocycles. The van der Waals surface area contributed by atoms with Gasteiger partial charge in [-0.25, -0.2) is 0 Å². The second-order valence-corrected chi connectivity index (χ2v) is 10.6. The van der Waals surface area contributed by atoms with E-state index in [2.05, 4.69) is 29.4 Å². The van der Waals surface area contributed by atoms with Gasteiger partial charge in [0.25, 0.3) is 0 Å². The molecular weight excluding hydrogens is 368 g/mol. The molecule has 0 radical (unpaired) electrons. The van der Waals surface area contributed by atoms with Crippen molar-refractivity contribution in [1.82, 2.24) is 0 Å². The summed E-state index contributed by atoms with van der Waals surface area (Å²) in [5.41, 5.74) is -0.212. The Bertz CT molecular complexity index is 515. The van der Waals surface area contributed by atoms with Gasteiger partial charge in [0.15, 0.2) is 0 Å². The maximum Gasteiger partial charge on any atom is 0.0877 e. The van der Waals surface area contributed by atoms with Gasteiger partial charge in [0.2, 0.25) is 0 Å². The van der Waals surface area contributed by atoms with Crippen molar-refractivity contribution in [3.63, 3.8) is 0 Å². The predicted molar refractivity (Wildman–Crippen MR) is 100 cm³/mol. The molecule has 138 valence electrons. The molecule has 3 N–H and O–H groups in total. The molecule has 0 aromatic rings. The van der Waals surface area contributed by atoms with Crippen molar-refractivity contribution < 1.29 is 15.3 Å². The fourth-order valence-electron chi connectivity index (χ4n) is 5.73. The van der Waals surface area contributed by atoms with E-state index in [0.717, 1.165) is 32.1 Å². The van der Waals surface area contributed by atoms with Gasteiger partial charge < -0.3 is 15.3 Å². The van der Waals surface area contributed by atoms with Gasteiger partial charge in [0, 0.05) is 4.83 Å². The minimum absolute atomic E-state index is 0.103. The number of halogens is 1. The first-order chi connectivity index (χ1) is 11.0. The van der Waals surface area contributed by atoms with Crippen molar-refractivity contribution in [2.24, 2.45) is 23.2 Å². The minimum atomic E-state index is -0.986. The van der Waals surface area contributed by atoms with Crippen molar-refractivity contribution in [3.8, 4) is 0 Å². The van der Waals surface area contributed by atoms with Crippen LogP contribution in [0.5, 0.6) is 0 Å². The van der Waals surface area contributed by atoms with Crippen LogP contribution in [0.4, 0.5) is 0 Å². The minimum Gasteiger partial charge on any atom is -0.390 e. The lowest BCUT2D eigenvalue weighted by molar-refractivity contribution is -0.0785. The Balaban J connectivity index is 1.86. The quantitative estimate of drug-likeness (QED) is 0.463. The van der Waals surface area contributed by atoms with Gasteiger partial charge in [-0.05, 0) is 82.0 Å². The third-order valence-corrected chi connectivity index (χ3v) is 9.08. The molecule has 3 nitrogen and oxygen atoms in total. The first kappa shape index (κ1) is 18.9. The van der Waals surface area contributed by atoms with E-state index in [1.807, 2.05) is 6.92 Å². The smallest absolute Gasteiger partial charge is 0.0877 e. The number of rotatable bonds is 1. The van der Waals surface area contributed by atoms with Gasteiger partial charge in [-0.2, -0.15) is 0 Å². The maximum absolute atomic E-state index is 10.6. The van der Waals surface area contributed by atoms with Gasteiger partial charge >= 0.3 is 0 Å². The summed E-state index contributed by atoms with van der Waals surface area (Å²) in [5, 5.41) is 31.6. The third kappa shape index (κ3) is 3.02. The zero-order chi connectivity index (χ0) is 17.9. The van der Waals surface area contributed by atoms with E-state index in [9.17, 15) is 15.3 Å². The summed E-state index contributed by atoms with van der Waals surface area (Å²) < 4.78 is 0. The van der Waals surface area contributed by atoms with Crippen LogP contribution in [0.25, 0.3) is 0 Å². The first-order valence-electron chi connectivity index (χ1n) is 9.42. The highest BCUT2D eigenvalue weighted by molar-refractivity contribution is 9.09. The fourth-order valence-corrected chi connectivity index (χ4v) is 6.41. The molecule has 0 aliphatic heterocycles. The lowest BCUT2D eigenvalue weighted by Gasteiger charge is -2.47. The Morgan fingerprint density at radius 1 is 1.04 bits per heavy atom. The highest BCUT2D eigenvalue weighted by atomic mass is 79.9. The van der Waals surface area contributed by atoms with E-state index in [1.165, 1.54) is 5.57 Å². The molecule has 8 atom stereocenters. The van der Waals surface area contributed by atoms with Crippen LogP contribution >= 0.6 is 15.9 Å². The Morgan fingerprint density at radius 3 is 2.29 bits per heavy atom. The molecule has 3 aliphatic rings. The molecule has 0 aromatic carbocycles. The number of hydrogen-bond donors (Lipinski definition) is 3. The number of aliphatic hydroxyl groups excluding tert-OH is 1. The molecule has 0 amide bonds. The van der Waals surface area contributed by atoms with Gasteiger partial charge in [0.05, 0.1) is 17.3 Å². The first-order valence-corrected chi connectivity index (χ1v) is 10.3. The molecule has 0 aromatic heterocycles. The van der Waals surface area contributed by atoms with Crippen LogP contribution in [0, 0.1) is 23.2 Å². The highest BCUT2D eigenvalue weighted by Gasteiger charge is 2.56. The zero-order valence-electron chi connectivity index (χ0n) is 15.3. The molecule has 24 heavy (non-hydrogen) atoms. The Labute approximate surface area is 154 Å². The number of alkyl halides is 1. The predicted octanol–water partition coefficient (Wildman–Crippen LogP) is 3.80. The summed E-state index contributed by atoms with van der Waals surface area (Å²) in [6.07, 6.45) is 5.38. The molecule has 0 spiro atoms. The summed E-state index contributed by atoms with van der Waals surface area (Å²) in [6.45, 7) is 10.4. The van der Waals surface area contributed by atoms with E-state index < -0.39 is 17.3 Å². The average molecular weight is 401 g/mol. The van der Waals surface area contributed by atoms with Crippen molar-refractivity contribution in [2.75, 3.05) is 0 Å². The number of fused-ring (bicyclic) bond motifs is 1. The summed E-state index contributed by atoms with van der Waals surface area (Å²) >= 11 is 3.71. The van der Waals surface area contributed by atoms with Gasteiger partial charge in [0.1, 0.15) is 0 Å². The largest absolute Gasteiger partial charge is 0.390 e. The van der Waals surface area contributed by atoms with Crippen molar-refractivity contribution in [3.05, 3.63) is 12.2 Å². The Kier molecular flexibility index (Phi) is 4.78. The normalized spacial score (nSPS) is 56.0. The molecule has 8 unspecified atom stereocenters.